The zero-order valence-electron chi connectivity index (χ0n) is 9.53. The number of nitrogens with zero attached hydrogens (tertiary/aromatic N) is 1. The van der Waals surface area contributed by atoms with Crippen molar-refractivity contribution in [1.82, 2.24) is 4.57 Å². The summed E-state index contributed by atoms with van der Waals surface area (Å²) in [5.74, 6) is -0.744. The summed E-state index contributed by atoms with van der Waals surface area (Å²) in [6, 6.07) is 6.28. The summed E-state index contributed by atoms with van der Waals surface area (Å²) in [7, 11) is 2.00. The molecule has 0 fully saturated rings. The van der Waals surface area contributed by atoms with E-state index in [2.05, 4.69) is 22.8 Å². The van der Waals surface area contributed by atoms with Gasteiger partial charge in [-0.25, -0.2) is 0 Å². The van der Waals surface area contributed by atoms with Gasteiger partial charge in [-0.15, -0.1) is 0 Å². The van der Waals surface area contributed by atoms with Gasteiger partial charge in [0.2, 0.25) is 0 Å². The van der Waals surface area contributed by atoms with Gasteiger partial charge in [-0.3, -0.25) is 4.79 Å². The fourth-order valence-corrected chi connectivity index (χ4v) is 1.98. The molecule has 0 aliphatic heterocycles. The van der Waals surface area contributed by atoms with Crippen LogP contribution in [-0.2, 0) is 18.3 Å². The van der Waals surface area contributed by atoms with Gasteiger partial charge >= 0.3 is 5.97 Å². The van der Waals surface area contributed by atoms with E-state index in [1.54, 1.807) is 0 Å². The maximum atomic E-state index is 10.6. The number of benzene rings is 1. The summed E-state index contributed by atoms with van der Waals surface area (Å²) < 4.78 is 2.05. The normalized spacial score (nSPS) is 10.9. The largest absolute Gasteiger partial charge is 0.481 e. The van der Waals surface area contributed by atoms with Crippen LogP contribution in [0.15, 0.2) is 24.4 Å². The van der Waals surface area contributed by atoms with Crippen molar-refractivity contribution in [3.05, 3.63) is 35.5 Å². The molecule has 2 rings (SSSR count). The minimum absolute atomic E-state index is 0.191. The number of hydrogen-bond acceptors (Lipinski definition) is 1. The van der Waals surface area contributed by atoms with Crippen molar-refractivity contribution in [2.75, 3.05) is 0 Å². The van der Waals surface area contributed by atoms with Crippen LogP contribution in [0.2, 0.25) is 0 Å². The highest BCUT2D eigenvalue weighted by Gasteiger charge is 2.06. The number of aryl methyl sites for hydroxylation is 3. The monoisotopic (exact) mass is 217 g/mol. The van der Waals surface area contributed by atoms with Crippen LogP contribution >= 0.6 is 0 Å². The molecule has 1 aromatic heterocycles. The molecule has 0 amide bonds. The van der Waals surface area contributed by atoms with Crippen molar-refractivity contribution in [3.8, 4) is 0 Å². The van der Waals surface area contributed by atoms with Crippen LogP contribution in [0.3, 0.4) is 0 Å². The number of carboxylic acids is 1. The van der Waals surface area contributed by atoms with Gasteiger partial charge in [-0.05, 0) is 48.1 Å². The van der Waals surface area contributed by atoms with Crippen molar-refractivity contribution >= 4 is 16.9 Å². The second-order valence-corrected chi connectivity index (χ2v) is 4.16. The summed E-state index contributed by atoms with van der Waals surface area (Å²) in [6.07, 6.45) is 2.81. The number of carbonyl (C=O) groups is 1. The third kappa shape index (κ3) is 1.94. The Morgan fingerprint density at radius 1 is 1.44 bits per heavy atom. The standard InChI is InChI=1S/C13H15NO2/c1-9-7-11-5-6-14(2)12(11)8-10(9)3-4-13(15)16/h5-8H,3-4H2,1-2H3,(H,15,16). The smallest absolute Gasteiger partial charge is 0.303 e. The highest BCUT2D eigenvalue weighted by molar-refractivity contribution is 5.82. The lowest BCUT2D eigenvalue weighted by Gasteiger charge is -2.06. The molecule has 1 aromatic carbocycles. The van der Waals surface area contributed by atoms with Crippen LogP contribution in [0.25, 0.3) is 10.9 Å². The Labute approximate surface area is 94.3 Å². The van der Waals surface area contributed by atoms with Crippen LogP contribution in [0.4, 0.5) is 0 Å². The quantitative estimate of drug-likeness (QED) is 0.858. The number of aliphatic carboxylic acids is 1. The Bertz CT molecular complexity index is 540. The molecule has 1 N–H and O–H groups in total. The number of rotatable bonds is 3. The highest BCUT2D eigenvalue weighted by atomic mass is 16.4. The molecule has 1 heterocycles. The first kappa shape index (κ1) is 10.7. The fourth-order valence-electron chi connectivity index (χ4n) is 1.98. The summed E-state index contributed by atoms with van der Waals surface area (Å²) >= 11 is 0. The molecule has 3 nitrogen and oxygen atoms in total. The van der Waals surface area contributed by atoms with E-state index in [0.29, 0.717) is 6.42 Å². The fraction of sp³-hybridized carbons (Fsp3) is 0.308. The zero-order valence-corrected chi connectivity index (χ0v) is 9.53. The SMILES string of the molecule is Cc1cc2ccn(C)c2cc1CCC(=O)O. The summed E-state index contributed by atoms with van der Waals surface area (Å²) in [6.45, 7) is 2.03. The molecule has 0 unspecified atom stereocenters. The second kappa shape index (κ2) is 4.00. The van der Waals surface area contributed by atoms with Gasteiger partial charge in [0.05, 0.1) is 0 Å². The maximum Gasteiger partial charge on any atom is 0.303 e. The van der Waals surface area contributed by atoms with Crippen molar-refractivity contribution < 1.29 is 9.90 Å². The van der Waals surface area contributed by atoms with Crippen LogP contribution in [0, 0.1) is 6.92 Å². The molecule has 2 aromatic rings. The van der Waals surface area contributed by atoms with Crippen molar-refractivity contribution in [2.45, 2.75) is 19.8 Å². The molecule has 16 heavy (non-hydrogen) atoms. The topological polar surface area (TPSA) is 42.2 Å². The molecule has 0 saturated heterocycles. The Morgan fingerprint density at radius 3 is 2.88 bits per heavy atom. The molecule has 3 heteroatoms. The first-order valence-electron chi connectivity index (χ1n) is 5.34. The average molecular weight is 217 g/mol. The Morgan fingerprint density at radius 2 is 2.19 bits per heavy atom. The summed E-state index contributed by atoms with van der Waals surface area (Å²) in [5.41, 5.74) is 3.45. The molecule has 84 valence electrons. The predicted octanol–water partition coefficient (Wildman–Crippen LogP) is 2.50. The third-order valence-corrected chi connectivity index (χ3v) is 2.95. The van der Waals surface area contributed by atoms with Gasteiger partial charge in [-0.2, -0.15) is 0 Å². The number of carboxylic acid groups (broad SMARTS) is 1. The van der Waals surface area contributed by atoms with E-state index < -0.39 is 5.97 Å². The molecule has 0 atom stereocenters. The van der Waals surface area contributed by atoms with Crippen molar-refractivity contribution in [3.63, 3.8) is 0 Å². The number of aromatic nitrogens is 1. The van der Waals surface area contributed by atoms with Crippen LogP contribution in [-0.4, -0.2) is 15.6 Å². The van der Waals surface area contributed by atoms with Gasteiger partial charge in [-0.1, -0.05) is 0 Å². The van der Waals surface area contributed by atoms with E-state index >= 15 is 0 Å². The van der Waals surface area contributed by atoms with Gasteiger partial charge in [0.25, 0.3) is 0 Å². The zero-order chi connectivity index (χ0) is 11.7. The van der Waals surface area contributed by atoms with E-state index in [1.165, 1.54) is 10.9 Å². The molecule has 0 radical (unpaired) electrons. The minimum Gasteiger partial charge on any atom is -0.481 e. The molecule has 0 bridgehead atoms. The van der Waals surface area contributed by atoms with Crippen molar-refractivity contribution in [1.29, 1.82) is 0 Å². The Kier molecular flexibility index (Phi) is 2.69. The van der Waals surface area contributed by atoms with E-state index in [9.17, 15) is 4.79 Å². The number of hydrogen-bond donors (Lipinski definition) is 1. The molecular weight excluding hydrogens is 202 g/mol. The summed E-state index contributed by atoms with van der Waals surface area (Å²) in [5, 5.41) is 9.90. The maximum absolute atomic E-state index is 10.6. The van der Waals surface area contributed by atoms with E-state index in [1.807, 2.05) is 20.2 Å². The molecule has 0 saturated carbocycles. The van der Waals surface area contributed by atoms with E-state index in [4.69, 9.17) is 5.11 Å². The Balaban J connectivity index is 2.40. The average Bonchev–Trinajstić information content (AvgIpc) is 2.56. The first-order chi connectivity index (χ1) is 7.58. The minimum atomic E-state index is -0.744. The van der Waals surface area contributed by atoms with Crippen LogP contribution in [0.1, 0.15) is 17.5 Å². The highest BCUT2D eigenvalue weighted by Crippen LogP contribution is 2.21. The molecular formula is C13H15NO2. The van der Waals surface area contributed by atoms with Gasteiger partial charge in [0.1, 0.15) is 0 Å². The lowest BCUT2D eigenvalue weighted by molar-refractivity contribution is -0.136. The molecule has 0 aliphatic rings. The van der Waals surface area contributed by atoms with E-state index in [0.717, 1.165) is 11.1 Å². The van der Waals surface area contributed by atoms with Gasteiger partial charge < -0.3 is 9.67 Å². The number of fused-ring (bicyclic) bond motifs is 1. The second-order valence-electron chi connectivity index (χ2n) is 4.16. The molecule has 0 aliphatic carbocycles. The van der Waals surface area contributed by atoms with Gasteiger partial charge in [0, 0.05) is 25.2 Å². The third-order valence-electron chi connectivity index (χ3n) is 2.95. The predicted molar refractivity (Wildman–Crippen MR) is 63.6 cm³/mol. The van der Waals surface area contributed by atoms with Crippen LogP contribution < -0.4 is 0 Å². The van der Waals surface area contributed by atoms with Gasteiger partial charge in [0.15, 0.2) is 0 Å². The summed E-state index contributed by atoms with van der Waals surface area (Å²) in [4.78, 5) is 10.6. The Hall–Kier alpha value is -1.77. The molecule has 0 spiro atoms. The first-order valence-corrected chi connectivity index (χ1v) is 5.34. The lowest BCUT2D eigenvalue weighted by atomic mass is 10.0. The van der Waals surface area contributed by atoms with E-state index in [-0.39, 0.29) is 6.42 Å². The van der Waals surface area contributed by atoms with Crippen molar-refractivity contribution in [2.24, 2.45) is 7.05 Å². The van der Waals surface area contributed by atoms with Crippen LogP contribution in [0.5, 0.6) is 0 Å². The lowest BCUT2D eigenvalue weighted by Crippen LogP contribution is -1.99.